The van der Waals surface area contributed by atoms with Crippen molar-refractivity contribution in [2.45, 2.75) is 25.8 Å². The van der Waals surface area contributed by atoms with Crippen LogP contribution in [0.2, 0.25) is 0 Å². The SMILES string of the molecule is Cc1cc(C2CCCN2C(=O)CNc2ccccc2)on1.Cl. The number of anilines is 1. The minimum Gasteiger partial charge on any atom is -0.376 e. The van der Waals surface area contributed by atoms with Gasteiger partial charge in [-0.3, -0.25) is 4.79 Å². The van der Waals surface area contributed by atoms with Gasteiger partial charge in [-0.05, 0) is 31.9 Å². The van der Waals surface area contributed by atoms with Crippen molar-refractivity contribution in [2.75, 3.05) is 18.4 Å². The van der Waals surface area contributed by atoms with Crippen LogP contribution in [-0.2, 0) is 4.79 Å². The van der Waals surface area contributed by atoms with Gasteiger partial charge < -0.3 is 14.7 Å². The smallest absolute Gasteiger partial charge is 0.242 e. The molecule has 1 unspecified atom stereocenters. The maximum absolute atomic E-state index is 12.4. The number of likely N-dealkylation sites (tertiary alicyclic amines) is 1. The van der Waals surface area contributed by atoms with Gasteiger partial charge in [0.25, 0.3) is 0 Å². The Hall–Kier alpha value is -2.01. The number of carbonyl (C=O) groups is 1. The molecule has 1 amide bonds. The van der Waals surface area contributed by atoms with Gasteiger partial charge in [0.15, 0.2) is 5.76 Å². The van der Waals surface area contributed by atoms with Crippen LogP contribution in [0.3, 0.4) is 0 Å². The number of rotatable bonds is 4. The molecular weight excluding hydrogens is 302 g/mol. The molecule has 2 heterocycles. The third-order valence-corrected chi connectivity index (χ3v) is 3.77. The van der Waals surface area contributed by atoms with Crippen molar-refractivity contribution in [3.63, 3.8) is 0 Å². The summed E-state index contributed by atoms with van der Waals surface area (Å²) in [6, 6.07) is 11.7. The number of benzene rings is 1. The Balaban J connectivity index is 0.00000176. The summed E-state index contributed by atoms with van der Waals surface area (Å²) in [5.41, 5.74) is 1.81. The van der Waals surface area contributed by atoms with Crippen LogP contribution in [0.5, 0.6) is 0 Å². The van der Waals surface area contributed by atoms with Crippen LogP contribution in [-0.4, -0.2) is 29.1 Å². The Labute approximate surface area is 136 Å². The lowest BCUT2D eigenvalue weighted by atomic mass is 10.1. The van der Waals surface area contributed by atoms with E-state index in [0.29, 0.717) is 6.54 Å². The molecule has 2 aromatic rings. The number of carbonyl (C=O) groups excluding carboxylic acids is 1. The van der Waals surface area contributed by atoms with E-state index in [1.54, 1.807) is 0 Å². The molecular formula is C16H20ClN3O2. The number of amides is 1. The molecule has 1 saturated heterocycles. The number of hydrogen-bond donors (Lipinski definition) is 1. The molecule has 6 heteroatoms. The molecule has 1 aromatic carbocycles. The maximum Gasteiger partial charge on any atom is 0.242 e. The monoisotopic (exact) mass is 321 g/mol. The van der Waals surface area contributed by atoms with Gasteiger partial charge in [0, 0.05) is 18.3 Å². The molecule has 0 radical (unpaired) electrons. The maximum atomic E-state index is 12.4. The van der Waals surface area contributed by atoms with E-state index >= 15 is 0 Å². The highest BCUT2D eigenvalue weighted by Gasteiger charge is 2.32. The van der Waals surface area contributed by atoms with Gasteiger partial charge in [0.2, 0.25) is 5.91 Å². The van der Waals surface area contributed by atoms with Crippen molar-refractivity contribution < 1.29 is 9.32 Å². The van der Waals surface area contributed by atoms with E-state index in [0.717, 1.165) is 36.5 Å². The van der Waals surface area contributed by atoms with Gasteiger partial charge in [0.05, 0.1) is 18.3 Å². The molecule has 1 fully saturated rings. The zero-order chi connectivity index (χ0) is 14.7. The Morgan fingerprint density at radius 3 is 2.86 bits per heavy atom. The molecule has 5 nitrogen and oxygen atoms in total. The fourth-order valence-corrected chi connectivity index (χ4v) is 2.74. The van der Waals surface area contributed by atoms with Gasteiger partial charge in [-0.25, -0.2) is 0 Å². The van der Waals surface area contributed by atoms with Crippen LogP contribution < -0.4 is 5.32 Å². The standard InChI is InChI=1S/C16H19N3O2.ClH/c1-12-10-15(21-18-12)14-8-5-9-19(14)16(20)11-17-13-6-3-2-4-7-13;/h2-4,6-7,10,14,17H,5,8-9,11H2,1H3;1H. The molecule has 1 N–H and O–H groups in total. The van der Waals surface area contributed by atoms with E-state index in [4.69, 9.17) is 4.52 Å². The average molecular weight is 322 g/mol. The van der Waals surface area contributed by atoms with Crippen LogP contribution in [0.25, 0.3) is 0 Å². The zero-order valence-corrected chi connectivity index (χ0v) is 13.3. The van der Waals surface area contributed by atoms with Crippen molar-refractivity contribution in [1.82, 2.24) is 10.1 Å². The molecule has 0 bridgehead atoms. The predicted molar refractivity (Wildman–Crippen MR) is 87.1 cm³/mol. The third-order valence-electron chi connectivity index (χ3n) is 3.77. The summed E-state index contributed by atoms with van der Waals surface area (Å²) in [5, 5.41) is 7.08. The lowest BCUT2D eigenvalue weighted by Crippen LogP contribution is -2.35. The first-order chi connectivity index (χ1) is 10.2. The van der Waals surface area contributed by atoms with Crippen LogP contribution >= 0.6 is 12.4 Å². The molecule has 1 atom stereocenters. The van der Waals surface area contributed by atoms with Crippen LogP contribution in [0, 0.1) is 6.92 Å². The topological polar surface area (TPSA) is 58.4 Å². The summed E-state index contributed by atoms with van der Waals surface area (Å²) < 4.78 is 5.33. The number of nitrogens with zero attached hydrogens (tertiary/aromatic N) is 2. The van der Waals surface area contributed by atoms with E-state index in [1.165, 1.54) is 0 Å². The number of aryl methyl sites for hydroxylation is 1. The highest BCUT2D eigenvalue weighted by atomic mass is 35.5. The number of halogens is 1. The lowest BCUT2D eigenvalue weighted by Gasteiger charge is -2.23. The number of para-hydroxylation sites is 1. The quantitative estimate of drug-likeness (QED) is 0.939. The van der Waals surface area contributed by atoms with Gasteiger partial charge >= 0.3 is 0 Å². The fourth-order valence-electron chi connectivity index (χ4n) is 2.74. The first-order valence-corrected chi connectivity index (χ1v) is 7.25. The number of nitrogens with one attached hydrogen (secondary N) is 1. The molecule has 1 aliphatic heterocycles. The summed E-state index contributed by atoms with van der Waals surface area (Å²) in [6.07, 6.45) is 1.94. The summed E-state index contributed by atoms with van der Waals surface area (Å²) in [7, 11) is 0. The Morgan fingerprint density at radius 1 is 1.41 bits per heavy atom. The average Bonchev–Trinajstić information content (AvgIpc) is 3.14. The van der Waals surface area contributed by atoms with Crippen LogP contribution in [0.15, 0.2) is 40.9 Å². The predicted octanol–water partition coefficient (Wildman–Crippen LogP) is 3.18. The fraction of sp³-hybridized carbons (Fsp3) is 0.375. The normalized spacial score (nSPS) is 17.1. The van der Waals surface area contributed by atoms with Gasteiger partial charge in [-0.2, -0.15) is 0 Å². The Kier molecular flexibility index (Phi) is 5.44. The summed E-state index contributed by atoms with van der Waals surface area (Å²) in [6.45, 7) is 2.97. The second-order valence-electron chi connectivity index (χ2n) is 5.34. The number of hydrogen-bond acceptors (Lipinski definition) is 4. The molecule has 0 spiro atoms. The Morgan fingerprint density at radius 2 is 2.18 bits per heavy atom. The van der Waals surface area contributed by atoms with E-state index < -0.39 is 0 Å². The molecule has 22 heavy (non-hydrogen) atoms. The zero-order valence-electron chi connectivity index (χ0n) is 12.5. The molecule has 118 valence electrons. The van der Waals surface area contributed by atoms with Crippen LogP contribution in [0.4, 0.5) is 5.69 Å². The van der Waals surface area contributed by atoms with E-state index in [1.807, 2.05) is 48.2 Å². The second kappa shape index (κ2) is 7.31. The molecule has 1 aliphatic rings. The van der Waals surface area contributed by atoms with E-state index in [2.05, 4.69) is 10.5 Å². The van der Waals surface area contributed by atoms with Crippen molar-refractivity contribution >= 4 is 24.0 Å². The van der Waals surface area contributed by atoms with Crippen molar-refractivity contribution in [3.8, 4) is 0 Å². The molecule has 0 saturated carbocycles. The Bertz CT molecular complexity index is 615. The summed E-state index contributed by atoms with van der Waals surface area (Å²) in [4.78, 5) is 14.3. The van der Waals surface area contributed by atoms with Crippen LogP contribution in [0.1, 0.15) is 30.3 Å². The minimum absolute atomic E-state index is 0. The first kappa shape index (κ1) is 16.4. The highest BCUT2D eigenvalue weighted by Crippen LogP contribution is 2.32. The van der Waals surface area contributed by atoms with Crippen molar-refractivity contribution in [3.05, 3.63) is 47.9 Å². The second-order valence-corrected chi connectivity index (χ2v) is 5.34. The van der Waals surface area contributed by atoms with E-state index in [-0.39, 0.29) is 24.4 Å². The third kappa shape index (κ3) is 3.60. The first-order valence-electron chi connectivity index (χ1n) is 7.25. The van der Waals surface area contributed by atoms with Crippen molar-refractivity contribution in [2.24, 2.45) is 0 Å². The largest absolute Gasteiger partial charge is 0.376 e. The van der Waals surface area contributed by atoms with E-state index in [9.17, 15) is 4.79 Å². The highest BCUT2D eigenvalue weighted by molar-refractivity contribution is 5.85. The summed E-state index contributed by atoms with van der Waals surface area (Å²) >= 11 is 0. The minimum atomic E-state index is 0. The lowest BCUT2D eigenvalue weighted by molar-refractivity contribution is -0.130. The van der Waals surface area contributed by atoms with Gasteiger partial charge in [-0.1, -0.05) is 23.4 Å². The van der Waals surface area contributed by atoms with Gasteiger partial charge in [0.1, 0.15) is 0 Å². The molecule has 0 aliphatic carbocycles. The molecule has 3 rings (SSSR count). The van der Waals surface area contributed by atoms with Crippen molar-refractivity contribution in [1.29, 1.82) is 0 Å². The number of aromatic nitrogens is 1. The van der Waals surface area contributed by atoms with Gasteiger partial charge in [-0.15, -0.1) is 12.4 Å². The summed E-state index contributed by atoms with van der Waals surface area (Å²) in [5.74, 6) is 0.883. The molecule has 1 aromatic heterocycles.